The summed E-state index contributed by atoms with van der Waals surface area (Å²) < 4.78 is 11.6. The number of carbonyl (C=O) groups is 2. The first-order valence-corrected chi connectivity index (χ1v) is 21.4. The van der Waals surface area contributed by atoms with Crippen LogP contribution in [-0.2, 0) is 6.54 Å². The Kier molecular flexibility index (Phi) is 8.79. The zero-order chi connectivity index (χ0) is 40.8. The minimum absolute atomic E-state index is 0.000254. The standard InChI is InChI=1S/C52H53NO6/c1-48-24-21-39(54)30-50(48)27-28-52(43(31-50)46(55)36-16-18-40(58-3)19-17-36)44(48)22-25-49(2)45(52)23-26-51(49,57)33-53(32-38-13-8-12-35-10-6-7-14-42(35)38)47(56)59-41-20-15-34-9-4-5-11-37(34)29-41/h4-20,27-29,31,39,44-45,54,57H,21-26,30,32-33H2,1-3H3/t39?,44-,45-,48-,49+,50+,51-,52-/m1/s1. The number of ether oxygens (including phenoxy) is 2. The Bertz CT molecular complexity index is 2560. The van der Waals surface area contributed by atoms with E-state index >= 15 is 4.79 Å². The highest BCUT2D eigenvalue weighted by Gasteiger charge is 2.74. The van der Waals surface area contributed by atoms with Crippen molar-refractivity contribution in [3.8, 4) is 11.5 Å². The Labute approximate surface area is 346 Å². The third-order valence-electron chi connectivity index (χ3n) is 16.2. The third-order valence-corrected chi connectivity index (χ3v) is 16.2. The first kappa shape index (κ1) is 38.0. The molecule has 2 spiro atoms. The number of aliphatic hydroxyl groups is 2. The van der Waals surface area contributed by atoms with E-state index in [4.69, 9.17) is 9.47 Å². The molecule has 7 nitrogen and oxygen atoms in total. The third kappa shape index (κ3) is 5.60. The van der Waals surface area contributed by atoms with Crippen LogP contribution in [-0.4, -0.2) is 52.3 Å². The fraction of sp³-hybridized carbons (Fsp3) is 0.385. The Morgan fingerprint density at radius 2 is 1.42 bits per heavy atom. The average molecular weight is 788 g/mol. The van der Waals surface area contributed by atoms with Gasteiger partial charge in [-0.05, 0) is 126 Å². The van der Waals surface area contributed by atoms with Crippen molar-refractivity contribution < 1.29 is 29.3 Å². The lowest BCUT2D eigenvalue weighted by molar-refractivity contribution is -0.175. The van der Waals surface area contributed by atoms with E-state index in [9.17, 15) is 15.0 Å². The van der Waals surface area contributed by atoms with Crippen LogP contribution < -0.4 is 9.47 Å². The monoisotopic (exact) mass is 787 g/mol. The van der Waals surface area contributed by atoms with Crippen LogP contribution in [0.25, 0.3) is 21.5 Å². The largest absolute Gasteiger partial charge is 0.497 e. The van der Waals surface area contributed by atoms with Crippen LogP contribution >= 0.6 is 0 Å². The smallest absolute Gasteiger partial charge is 0.415 e. The molecule has 59 heavy (non-hydrogen) atoms. The Morgan fingerprint density at radius 1 is 0.746 bits per heavy atom. The fourth-order valence-electron chi connectivity index (χ4n) is 13.0. The van der Waals surface area contributed by atoms with Gasteiger partial charge in [-0.25, -0.2) is 4.79 Å². The molecule has 5 aromatic carbocycles. The first-order chi connectivity index (χ1) is 28.4. The average Bonchev–Trinajstić information content (AvgIpc) is 3.52. The lowest BCUT2D eigenvalue weighted by Gasteiger charge is -2.71. The van der Waals surface area contributed by atoms with Crippen molar-refractivity contribution in [2.75, 3.05) is 13.7 Å². The number of aliphatic hydroxyl groups excluding tert-OH is 1. The van der Waals surface area contributed by atoms with Crippen LogP contribution in [0.5, 0.6) is 11.5 Å². The molecule has 3 saturated carbocycles. The second kappa shape index (κ2) is 13.7. The van der Waals surface area contributed by atoms with Gasteiger partial charge in [-0.2, -0.15) is 0 Å². The van der Waals surface area contributed by atoms with Crippen molar-refractivity contribution in [1.29, 1.82) is 0 Å². The van der Waals surface area contributed by atoms with Crippen LogP contribution in [0.4, 0.5) is 4.79 Å². The van der Waals surface area contributed by atoms with Gasteiger partial charge in [-0.15, -0.1) is 0 Å². The number of methoxy groups -OCH3 is 1. The van der Waals surface area contributed by atoms with Crippen LogP contribution in [0.3, 0.4) is 0 Å². The molecule has 6 aliphatic carbocycles. The molecule has 3 fully saturated rings. The number of ketones is 1. The molecular formula is C52H53NO6. The molecule has 0 aromatic heterocycles. The number of nitrogens with zero attached hydrogens (tertiary/aromatic N) is 1. The van der Waals surface area contributed by atoms with E-state index in [1.807, 2.05) is 84.9 Å². The number of carbonyl (C=O) groups excluding carboxylic acids is 2. The molecule has 2 bridgehead atoms. The van der Waals surface area contributed by atoms with Gasteiger partial charge in [-0.3, -0.25) is 4.79 Å². The minimum atomic E-state index is -1.28. The summed E-state index contributed by atoms with van der Waals surface area (Å²) in [4.78, 5) is 31.4. The topological polar surface area (TPSA) is 96.3 Å². The Morgan fingerprint density at radius 3 is 2.22 bits per heavy atom. The summed E-state index contributed by atoms with van der Waals surface area (Å²) in [7, 11) is 1.62. The van der Waals surface area contributed by atoms with E-state index in [1.54, 1.807) is 12.0 Å². The van der Waals surface area contributed by atoms with Crippen molar-refractivity contribution in [3.63, 3.8) is 0 Å². The summed E-state index contributed by atoms with van der Waals surface area (Å²) in [5, 5.41) is 28.7. The second-order valence-electron chi connectivity index (χ2n) is 18.7. The molecule has 0 aliphatic heterocycles. The van der Waals surface area contributed by atoms with E-state index in [2.05, 4.69) is 56.3 Å². The molecule has 5 aromatic rings. The van der Waals surface area contributed by atoms with Crippen molar-refractivity contribution >= 4 is 33.4 Å². The zero-order valence-electron chi connectivity index (χ0n) is 34.2. The highest BCUT2D eigenvalue weighted by atomic mass is 16.6. The highest BCUT2D eigenvalue weighted by molar-refractivity contribution is 6.10. The van der Waals surface area contributed by atoms with E-state index in [-0.39, 0.29) is 36.1 Å². The summed E-state index contributed by atoms with van der Waals surface area (Å²) in [6.45, 7) is 4.95. The van der Waals surface area contributed by atoms with Crippen molar-refractivity contribution in [3.05, 3.63) is 144 Å². The van der Waals surface area contributed by atoms with Gasteiger partial charge in [0.05, 0.1) is 25.4 Å². The number of fused-ring (bicyclic) bond motifs is 3. The maximum absolute atomic E-state index is 15.0. The van der Waals surface area contributed by atoms with Gasteiger partial charge in [0.25, 0.3) is 0 Å². The summed E-state index contributed by atoms with van der Waals surface area (Å²) in [5.41, 5.74) is -0.748. The number of allylic oxidation sites excluding steroid dienone is 4. The molecule has 1 unspecified atom stereocenters. The number of hydrogen-bond acceptors (Lipinski definition) is 6. The lowest BCUT2D eigenvalue weighted by Crippen LogP contribution is -2.67. The molecule has 11 rings (SSSR count). The normalized spacial score (nSPS) is 32.8. The summed E-state index contributed by atoms with van der Waals surface area (Å²) in [6, 6.07) is 35.4. The molecule has 302 valence electrons. The summed E-state index contributed by atoms with van der Waals surface area (Å²) >= 11 is 0. The molecule has 6 aliphatic rings. The van der Waals surface area contributed by atoms with Crippen LogP contribution in [0.2, 0.25) is 0 Å². The number of rotatable bonds is 8. The van der Waals surface area contributed by atoms with E-state index in [1.165, 1.54) is 0 Å². The molecule has 2 N–H and O–H groups in total. The first-order valence-electron chi connectivity index (χ1n) is 21.4. The SMILES string of the molecule is COc1ccc(C(=O)C2=C[C@@]34C=C[C@@]25[C@@H]2CC[C@@](O)(CN(Cc6cccc7ccccc67)C(=O)Oc6ccc7ccccc7c6)[C@@]2(C)CC[C@@H]5[C@@]3(C)CCC(O)C4)cc1. The van der Waals surface area contributed by atoms with Crippen molar-refractivity contribution in [2.45, 2.75) is 77.0 Å². The molecule has 7 heteroatoms. The molecule has 8 atom stereocenters. The van der Waals surface area contributed by atoms with E-state index in [0.717, 1.165) is 58.4 Å². The highest BCUT2D eigenvalue weighted by Crippen LogP contribution is 2.78. The fourth-order valence-corrected chi connectivity index (χ4v) is 13.0. The van der Waals surface area contributed by atoms with Crippen LogP contribution in [0, 0.1) is 33.5 Å². The number of hydrogen-bond donors (Lipinski definition) is 2. The maximum atomic E-state index is 15.0. The van der Waals surface area contributed by atoms with Gasteiger partial charge in [0.2, 0.25) is 0 Å². The van der Waals surface area contributed by atoms with E-state index in [0.29, 0.717) is 36.3 Å². The van der Waals surface area contributed by atoms with Crippen molar-refractivity contribution in [1.82, 2.24) is 4.90 Å². The molecule has 1 amide bonds. The van der Waals surface area contributed by atoms with Gasteiger partial charge < -0.3 is 24.6 Å². The Balaban J connectivity index is 1.04. The zero-order valence-corrected chi connectivity index (χ0v) is 34.2. The maximum Gasteiger partial charge on any atom is 0.415 e. The van der Waals surface area contributed by atoms with Crippen LogP contribution in [0.1, 0.15) is 74.7 Å². The minimum Gasteiger partial charge on any atom is -0.497 e. The van der Waals surface area contributed by atoms with Gasteiger partial charge >= 0.3 is 6.09 Å². The predicted octanol–water partition coefficient (Wildman–Crippen LogP) is 10.5. The second-order valence-corrected chi connectivity index (χ2v) is 18.7. The van der Waals surface area contributed by atoms with Gasteiger partial charge in [-0.1, -0.05) is 105 Å². The van der Waals surface area contributed by atoms with Crippen molar-refractivity contribution in [2.24, 2.45) is 33.5 Å². The molecular weight excluding hydrogens is 735 g/mol. The summed E-state index contributed by atoms with van der Waals surface area (Å²) in [6.07, 6.45) is 10.9. The number of amides is 1. The quantitative estimate of drug-likeness (QED) is 0.120. The molecule has 0 saturated heterocycles. The van der Waals surface area contributed by atoms with Gasteiger partial charge in [0, 0.05) is 33.9 Å². The molecule has 0 heterocycles. The summed E-state index contributed by atoms with van der Waals surface area (Å²) in [5.74, 6) is 1.23. The van der Waals surface area contributed by atoms with Gasteiger partial charge in [0.1, 0.15) is 11.5 Å². The predicted molar refractivity (Wildman–Crippen MR) is 230 cm³/mol. The lowest BCUT2D eigenvalue weighted by atomic mass is 9.32. The number of benzene rings is 5. The Hall–Kier alpha value is -5.24. The van der Waals surface area contributed by atoms with E-state index < -0.39 is 34.0 Å². The number of Topliss-reactive ketones (excluding diaryl/α,β-unsaturated/α-hetero) is 1. The van der Waals surface area contributed by atoms with Gasteiger partial charge in [0.15, 0.2) is 5.78 Å². The van der Waals surface area contributed by atoms with Crippen LogP contribution in [0.15, 0.2) is 133 Å². The molecule has 0 radical (unpaired) electrons.